The van der Waals surface area contributed by atoms with E-state index in [-0.39, 0.29) is 29.3 Å². The van der Waals surface area contributed by atoms with Gasteiger partial charge in [-0.1, -0.05) is 48.6 Å². The molecule has 0 atom stereocenters. The van der Waals surface area contributed by atoms with Gasteiger partial charge in [0.1, 0.15) is 11.3 Å². The monoisotopic (exact) mass is 419 g/mol. The second-order valence-electron chi connectivity index (χ2n) is 5.38. The molecule has 1 N–H and O–H groups in total. The molecule has 3 rings (SSSR count). The van der Waals surface area contributed by atoms with E-state index in [0.29, 0.717) is 6.61 Å². The molecule has 0 aliphatic rings. The molecule has 0 aliphatic carbocycles. The molecule has 0 amide bonds. The third-order valence-corrected chi connectivity index (χ3v) is 4.74. The minimum atomic E-state index is 0. The summed E-state index contributed by atoms with van der Waals surface area (Å²) in [4.78, 5) is 16.8. The fourth-order valence-corrected chi connectivity index (χ4v) is 3.33. The lowest BCUT2D eigenvalue weighted by molar-refractivity contribution is -0.0000130. The number of fused-ring (bicyclic) bond motifs is 1. The number of carbonyl (C=O) groups excluding carboxylic acids is 1. The van der Waals surface area contributed by atoms with Crippen LogP contribution in [0.5, 0.6) is 5.75 Å². The van der Waals surface area contributed by atoms with Crippen molar-refractivity contribution in [1.29, 1.82) is 0 Å². The van der Waals surface area contributed by atoms with Crippen molar-refractivity contribution >= 4 is 32.5 Å². The van der Waals surface area contributed by atoms with Crippen LogP contribution >= 0.6 is 11.3 Å². The number of aromatic nitrogens is 1. The van der Waals surface area contributed by atoms with Gasteiger partial charge in [0.25, 0.3) is 0 Å². The lowest BCUT2D eigenvalue weighted by atomic mass is 10.1. The molecule has 0 bridgehead atoms. The Kier molecular flexibility index (Phi) is 6.96. The molecule has 0 saturated heterocycles. The van der Waals surface area contributed by atoms with Crippen LogP contribution < -0.4 is 27.0 Å². The first kappa shape index (κ1) is 19.4. The lowest BCUT2D eigenvalue weighted by Gasteiger charge is -2.03. The number of para-hydroxylation sites is 1. The Morgan fingerprint density at radius 1 is 1.16 bits per heavy atom. The van der Waals surface area contributed by atoms with E-state index < -0.39 is 0 Å². The second-order valence-corrected chi connectivity index (χ2v) is 6.41. The first-order valence-electron chi connectivity index (χ1n) is 8.09. The number of thiazole rings is 1. The van der Waals surface area contributed by atoms with Crippen molar-refractivity contribution in [2.24, 2.45) is 0 Å². The van der Waals surface area contributed by atoms with Gasteiger partial charge >= 0.3 is 0 Å². The molecule has 0 saturated carbocycles. The van der Waals surface area contributed by atoms with Crippen LogP contribution in [-0.2, 0) is 6.42 Å². The van der Waals surface area contributed by atoms with Gasteiger partial charge in [-0.05, 0) is 31.0 Å². The molecule has 4 nitrogen and oxygen atoms in total. The highest BCUT2D eigenvalue weighted by atomic mass is 79.9. The fraction of sp³-hybridized carbons (Fsp3) is 0.263. The predicted octanol–water partition coefficient (Wildman–Crippen LogP) is 1.56. The molecule has 25 heavy (non-hydrogen) atoms. The van der Waals surface area contributed by atoms with Crippen molar-refractivity contribution in [2.75, 3.05) is 18.5 Å². The smallest absolute Gasteiger partial charge is 0.184 e. The average molecular weight is 420 g/mol. The summed E-state index contributed by atoms with van der Waals surface area (Å²) in [5.41, 5.74) is 2.79. The van der Waals surface area contributed by atoms with Gasteiger partial charge < -0.3 is 27.0 Å². The summed E-state index contributed by atoms with van der Waals surface area (Å²) in [5.74, 6) is 0.836. The first-order valence-corrected chi connectivity index (χ1v) is 8.91. The number of nitrogens with zero attached hydrogens (tertiary/aromatic N) is 1. The number of anilines is 1. The molecule has 132 valence electrons. The number of ketones is 1. The van der Waals surface area contributed by atoms with E-state index in [2.05, 4.69) is 17.2 Å². The molecule has 0 radical (unpaired) electrons. The Morgan fingerprint density at radius 3 is 2.60 bits per heavy atom. The minimum absolute atomic E-state index is 0. The van der Waals surface area contributed by atoms with Gasteiger partial charge in [0.05, 0.1) is 17.9 Å². The largest absolute Gasteiger partial charge is 1.00 e. The van der Waals surface area contributed by atoms with Gasteiger partial charge in [-0.25, -0.2) is 4.98 Å². The first-order chi connectivity index (χ1) is 11.7. The van der Waals surface area contributed by atoms with Gasteiger partial charge in [-0.2, -0.15) is 0 Å². The zero-order valence-electron chi connectivity index (χ0n) is 14.2. The summed E-state index contributed by atoms with van der Waals surface area (Å²) in [6.45, 7) is 4.88. The minimum Gasteiger partial charge on any atom is -1.00 e. The molecule has 0 aliphatic heterocycles. The summed E-state index contributed by atoms with van der Waals surface area (Å²) in [5, 5.41) is 3.86. The average Bonchev–Trinajstić information content (AvgIpc) is 3.04. The lowest BCUT2D eigenvalue weighted by Crippen LogP contribution is -3.00. The van der Waals surface area contributed by atoms with Gasteiger partial charge in [0, 0.05) is 5.56 Å². The van der Waals surface area contributed by atoms with Crippen LogP contribution in [0.4, 0.5) is 5.13 Å². The van der Waals surface area contributed by atoms with Crippen LogP contribution in [0.15, 0.2) is 42.5 Å². The molecular weight excluding hydrogens is 400 g/mol. The van der Waals surface area contributed by atoms with E-state index in [9.17, 15) is 4.79 Å². The summed E-state index contributed by atoms with van der Waals surface area (Å²) in [6.07, 6.45) is 0.973. The Morgan fingerprint density at radius 2 is 1.92 bits per heavy atom. The standard InChI is InChI=1S/C19H20N2O2S.BrH/c1-3-13-8-10-14(11-9-13)15(22)12-20-19-21-18-16(23-4-2)6-5-7-17(18)24-19;/h5-11H,3-4,12H2,1-2H3,(H,20,21);1H/p-1. The maximum absolute atomic E-state index is 12.3. The molecule has 0 fully saturated rings. The quantitative estimate of drug-likeness (QED) is 0.590. The van der Waals surface area contributed by atoms with Crippen LogP contribution in [0.25, 0.3) is 10.2 Å². The summed E-state index contributed by atoms with van der Waals surface area (Å²) in [7, 11) is 0. The third kappa shape index (κ3) is 4.58. The van der Waals surface area contributed by atoms with E-state index >= 15 is 0 Å². The van der Waals surface area contributed by atoms with Crippen LogP contribution in [0.3, 0.4) is 0 Å². The molecule has 1 aromatic heterocycles. The van der Waals surface area contributed by atoms with Gasteiger partial charge in [0.15, 0.2) is 10.9 Å². The molecule has 0 spiro atoms. The number of ether oxygens (including phenoxy) is 1. The number of Topliss-reactive ketones (excluding diaryl/α,β-unsaturated/α-hetero) is 1. The number of carbonyl (C=O) groups is 1. The Balaban J connectivity index is 0.00000225. The van der Waals surface area contributed by atoms with Gasteiger partial charge in [-0.3, -0.25) is 4.79 Å². The van der Waals surface area contributed by atoms with Crippen LogP contribution in [0.1, 0.15) is 29.8 Å². The van der Waals surface area contributed by atoms with E-state index in [4.69, 9.17) is 4.74 Å². The number of halogens is 1. The number of aryl methyl sites for hydroxylation is 1. The molecular formula is C19H20BrN2O2S-. The Hall–Kier alpha value is -1.92. The topological polar surface area (TPSA) is 51.2 Å². The van der Waals surface area contributed by atoms with E-state index in [1.54, 1.807) is 0 Å². The zero-order valence-corrected chi connectivity index (χ0v) is 16.6. The molecule has 2 aromatic carbocycles. The van der Waals surface area contributed by atoms with Crippen LogP contribution in [-0.4, -0.2) is 23.9 Å². The van der Waals surface area contributed by atoms with Crippen LogP contribution in [0.2, 0.25) is 0 Å². The molecule has 3 aromatic rings. The van der Waals surface area contributed by atoms with Gasteiger partial charge in [-0.15, -0.1) is 0 Å². The molecule has 1 heterocycles. The van der Waals surface area contributed by atoms with Gasteiger partial charge in [0.2, 0.25) is 0 Å². The summed E-state index contributed by atoms with van der Waals surface area (Å²) in [6, 6.07) is 13.6. The third-order valence-electron chi connectivity index (χ3n) is 3.77. The van der Waals surface area contributed by atoms with Crippen LogP contribution in [0, 0.1) is 0 Å². The summed E-state index contributed by atoms with van der Waals surface area (Å²) >= 11 is 1.53. The maximum Gasteiger partial charge on any atom is 0.184 e. The van der Waals surface area contributed by atoms with Crippen molar-refractivity contribution in [2.45, 2.75) is 20.3 Å². The highest BCUT2D eigenvalue weighted by molar-refractivity contribution is 7.22. The number of benzene rings is 2. The zero-order chi connectivity index (χ0) is 16.9. The van der Waals surface area contributed by atoms with Crippen molar-refractivity contribution in [3.8, 4) is 5.75 Å². The normalized spacial score (nSPS) is 10.3. The van der Waals surface area contributed by atoms with Crippen molar-refractivity contribution in [3.63, 3.8) is 0 Å². The second kappa shape index (κ2) is 8.97. The van der Waals surface area contributed by atoms with E-state index in [1.807, 2.05) is 49.4 Å². The number of hydrogen-bond acceptors (Lipinski definition) is 5. The van der Waals surface area contributed by atoms with Crippen molar-refractivity contribution in [3.05, 3.63) is 53.6 Å². The predicted molar refractivity (Wildman–Crippen MR) is 99.4 cm³/mol. The Labute approximate surface area is 162 Å². The SMILES string of the molecule is CCOc1cccc2sc(NCC(=O)c3ccc(CC)cc3)nc12.[Br-]. The van der Waals surface area contributed by atoms with Crippen molar-refractivity contribution < 1.29 is 26.5 Å². The fourth-order valence-electron chi connectivity index (χ4n) is 2.46. The number of nitrogens with one attached hydrogen (secondary N) is 1. The van der Waals surface area contributed by atoms with E-state index in [1.165, 1.54) is 16.9 Å². The number of rotatable bonds is 7. The molecule has 0 unspecified atom stereocenters. The summed E-state index contributed by atoms with van der Waals surface area (Å²) < 4.78 is 6.64. The maximum atomic E-state index is 12.3. The van der Waals surface area contributed by atoms with E-state index in [0.717, 1.165) is 33.1 Å². The van der Waals surface area contributed by atoms with Crippen molar-refractivity contribution in [1.82, 2.24) is 4.98 Å². The Bertz CT molecular complexity index is 846. The highest BCUT2D eigenvalue weighted by Crippen LogP contribution is 2.32. The highest BCUT2D eigenvalue weighted by Gasteiger charge is 2.11. The molecule has 6 heteroatoms. The number of hydrogen-bond donors (Lipinski definition) is 1.